The van der Waals surface area contributed by atoms with E-state index in [2.05, 4.69) is 4.74 Å². The van der Waals surface area contributed by atoms with Gasteiger partial charge in [0.15, 0.2) is 0 Å². The Balaban J connectivity index is 1.77. The molecule has 0 radical (unpaired) electrons. The number of alkyl halides is 3. The van der Waals surface area contributed by atoms with Crippen LogP contribution in [0.1, 0.15) is 39.2 Å². The Kier molecular flexibility index (Phi) is 5.26. The molecular weight excluding hydrogens is 379 g/mol. The molecule has 2 unspecified atom stereocenters. The van der Waals surface area contributed by atoms with Gasteiger partial charge in [0, 0.05) is 12.8 Å². The van der Waals surface area contributed by atoms with Crippen molar-refractivity contribution >= 4 is 6.09 Å². The Hall–Kier alpha value is -2.00. The van der Waals surface area contributed by atoms with Crippen molar-refractivity contribution in [2.75, 3.05) is 13.2 Å². The maximum absolute atomic E-state index is 12.6. The molecule has 2 aliphatic rings. The van der Waals surface area contributed by atoms with Crippen molar-refractivity contribution in [1.29, 1.82) is 0 Å². The van der Waals surface area contributed by atoms with E-state index < -0.39 is 35.7 Å². The molecule has 1 amide bonds. The summed E-state index contributed by atoms with van der Waals surface area (Å²) in [4.78, 5) is 14.2. The molecule has 2 saturated heterocycles. The zero-order chi connectivity index (χ0) is 20.7. The Morgan fingerprint density at radius 2 is 1.68 bits per heavy atom. The van der Waals surface area contributed by atoms with Gasteiger partial charge in [-0.2, -0.15) is 0 Å². The zero-order valence-corrected chi connectivity index (χ0v) is 16.0. The Morgan fingerprint density at radius 3 is 2.14 bits per heavy atom. The number of fused-ring (bicyclic) bond motifs is 2. The lowest BCUT2D eigenvalue weighted by Gasteiger charge is -2.51. The molecule has 1 N–H and O–H groups in total. The van der Waals surface area contributed by atoms with Gasteiger partial charge in [-0.3, -0.25) is 4.90 Å². The third kappa shape index (κ3) is 4.70. The number of amides is 1. The highest BCUT2D eigenvalue weighted by molar-refractivity contribution is 5.69. The van der Waals surface area contributed by atoms with Gasteiger partial charge in [0.2, 0.25) is 0 Å². The van der Waals surface area contributed by atoms with Crippen molar-refractivity contribution in [1.82, 2.24) is 4.90 Å². The van der Waals surface area contributed by atoms with Crippen LogP contribution in [0.15, 0.2) is 24.3 Å². The number of aliphatic hydroxyl groups is 1. The van der Waals surface area contributed by atoms with Crippen LogP contribution in [-0.2, 0) is 15.1 Å². The lowest BCUT2D eigenvalue weighted by Crippen LogP contribution is -2.63. The van der Waals surface area contributed by atoms with Crippen molar-refractivity contribution in [3.05, 3.63) is 29.8 Å². The second kappa shape index (κ2) is 7.11. The first kappa shape index (κ1) is 20.7. The minimum atomic E-state index is -4.77. The summed E-state index contributed by atoms with van der Waals surface area (Å²) in [5.41, 5.74) is -1.45. The van der Waals surface area contributed by atoms with Gasteiger partial charge in [-0.25, -0.2) is 4.79 Å². The molecule has 0 aromatic heterocycles. The quantitative estimate of drug-likeness (QED) is 0.818. The van der Waals surface area contributed by atoms with Crippen LogP contribution < -0.4 is 4.74 Å². The van der Waals surface area contributed by atoms with E-state index in [1.165, 1.54) is 24.3 Å². The summed E-state index contributed by atoms with van der Waals surface area (Å²) >= 11 is 0. The maximum Gasteiger partial charge on any atom is 0.573 e. The predicted octanol–water partition coefficient (Wildman–Crippen LogP) is 3.57. The molecule has 2 aliphatic heterocycles. The number of ether oxygens (including phenoxy) is 3. The van der Waals surface area contributed by atoms with Gasteiger partial charge >= 0.3 is 12.5 Å². The van der Waals surface area contributed by atoms with Crippen LogP contribution in [0.5, 0.6) is 5.75 Å². The number of carbonyl (C=O) groups is 1. The molecule has 2 atom stereocenters. The zero-order valence-electron chi connectivity index (χ0n) is 16.0. The molecule has 0 aliphatic carbocycles. The molecule has 2 bridgehead atoms. The first-order valence-corrected chi connectivity index (χ1v) is 9.04. The number of carbonyl (C=O) groups excluding carboxylic acids is 1. The van der Waals surface area contributed by atoms with Crippen molar-refractivity contribution in [2.24, 2.45) is 0 Å². The molecular formula is C19H24F3NO5. The number of rotatable bonds is 2. The van der Waals surface area contributed by atoms with Gasteiger partial charge in [0.25, 0.3) is 0 Å². The summed E-state index contributed by atoms with van der Waals surface area (Å²) in [6.07, 6.45) is -4.84. The first-order valence-electron chi connectivity index (χ1n) is 9.04. The third-order valence-corrected chi connectivity index (χ3v) is 4.78. The summed E-state index contributed by atoms with van der Waals surface area (Å²) in [5, 5.41) is 11.2. The van der Waals surface area contributed by atoms with Crippen LogP contribution in [0, 0.1) is 0 Å². The molecule has 9 heteroatoms. The number of nitrogens with zero attached hydrogens (tertiary/aromatic N) is 1. The van der Waals surface area contributed by atoms with Gasteiger partial charge in [-0.05, 0) is 38.5 Å². The van der Waals surface area contributed by atoms with Crippen LogP contribution in [-0.4, -0.2) is 53.4 Å². The average Bonchev–Trinajstić information content (AvgIpc) is 2.51. The number of hydrogen-bond acceptors (Lipinski definition) is 5. The lowest BCUT2D eigenvalue weighted by atomic mass is 9.77. The average molecular weight is 403 g/mol. The second-order valence-electron chi connectivity index (χ2n) is 8.24. The van der Waals surface area contributed by atoms with E-state index in [0.29, 0.717) is 5.56 Å². The van der Waals surface area contributed by atoms with E-state index in [9.17, 15) is 23.1 Å². The SMILES string of the molecule is CC(C)(C)OC(=O)N1C2COCC1CC(O)(c1ccc(OC(F)(F)F)cc1)C2. The van der Waals surface area contributed by atoms with E-state index in [1.54, 1.807) is 25.7 Å². The largest absolute Gasteiger partial charge is 0.573 e. The van der Waals surface area contributed by atoms with Gasteiger partial charge < -0.3 is 19.3 Å². The van der Waals surface area contributed by atoms with Crippen LogP contribution in [0.3, 0.4) is 0 Å². The molecule has 28 heavy (non-hydrogen) atoms. The molecule has 156 valence electrons. The third-order valence-electron chi connectivity index (χ3n) is 4.78. The normalized spacial score (nSPS) is 28.0. The van der Waals surface area contributed by atoms with E-state index in [1.807, 2.05) is 0 Å². The Labute approximate surface area is 161 Å². The van der Waals surface area contributed by atoms with Gasteiger partial charge in [0.05, 0.1) is 30.9 Å². The van der Waals surface area contributed by atoms with E-state index in [0.717, 1.165) is 0 Å². The molecule has 2 heterocycles. The van der Waals surface area contributed by atoms with Gasteiger partial charge in [-0.1, -0.05) is 12.1 Å². The topological polar surface area (TPSA) is 68.2 Å². The summed E-state index contributed by atoms with van der Waals surface area (Å²) in [5.74, 6) is -0.352. The first-order chi connectivity index (χ1) is 12.9. The van der Waals surface area contributed by atoms with Crippen LogP contribution >= 0.6 is 0 Å². The van der Waals surface area contributed by atoms with Crippen molar-refractivity contribution in [3.63, 3.8) is 0 Å². The highest BCUT2D eigenvalue weighted by Gasteiger charge is 2.49. The molecule has 1 aromatic rings. The number of morpholine rings is 1. The summed E-state index contributed by atoms with van der Waals surface area (Å²) in [7, 11) is 0. The highest BCUT2D eigenvalue weighted by atomic mass is 19.4. The fraction of sp³-hybridized carbons (Fsp3) is 0.632. The highest BCUT2D eigenvalue weighted by Crippen LogP contribution is 2.42. The van der Waals surface area contributed by atoms with Crippen LogP contribution in [0.4, 0.5) is 18.0 Å². The number of hydrogen-bond donors (Lipinski definition) is 1. The number of piperidine rings is 1. The molecule has 0 spiro atoms. The molecule has 6 nitrogen and oxygen atoms in total. The van der Waals surface area contributed by atoms with E-state index in [4.69, 9.17) is 9.47 Å². The number of halogens is 3. The molecule has 3 rings (SSSR count). The smallest absolute Gasteiger partial charge is 0.444 e. The van der Waals surface area contributed by atoms with Crippen molar-refractivity contribution < 1.29 is 37.3 Å². The van der Waals surface area contributed by atoms with E-state index >= 15 is 0 Å². The monoisotopic (exact) mass is 403 g/mol. The molecule has 2 fully saturated rings. The van der Waals surface area contributed by atoms with Crippen LogP contribution in [0.25, 0.3) is 0 Å². The van der Waals surface area contributed by atoms with Crippen molar-refractivity contribution in [3.8, 4) is 5.75 Å². The summed E-state index contributed by atoms with van der Waals surface area (Å²) in [6, 6.07) is 4.40. The fourth-order valence-corrected chi connectivity index (χ4v) is 3.79. The van der Waals surface area contributed by atoms with Gasteiger partial charge in [0.1, 0.15) is 11.4 Å². The summed E-state index contributed by atoms with van der Waals surface area (Å²) < 4.78 is 51.9. The number of benzene rings is 1. The lowest BCUT2D eigenvalue weighted by molar-refractivity contribution is -0.274. The van der Waals surface area contributed by atoms with Crippen molar-refractivity contribution in [2.45, 2.75) is 63.3 Å². The van der Waals surface area contributed by atoms with E-state index in [-0.39, 0.29) is 31.8 Å². The minimum Gasteiger partial charge on any atom is -0.444 e. The van der Waals surface area contributed by atoms with Crippen LogP contribution in [0.2, 0.25) is 0 Å². The minimum absolute atomic E-state index is 0.197. The Morgan fingerprint density at radius 1 is 1.14 bits per heavy atom. The summed E-state index contributed by atoms with van der Waals surface area (Å²) in [6.45, 7) is 5.85. The molecule has 1 aromatic carbocycles. The predicted molar refractivity (Wildman–Crippen MR) is 92.7 cm³/mol. The fourth-order valence-electron chi connectivity index (χ4n) is 3.79. The van der Waals surface area contributed by atoms with Gasteiger partial charge in [-0.15, -0.1) is 13.2 Å². The molecule has 0 saturated carbocycles. The second-order valence-corrected chi connectivity index (χ2v) is 8.24. The maximum atomic E-state index is 12.6. The standard InChI is InChI=1S/C19H24F3NO5/c1-17(2,3)28-16(24)23-13-8-18(25,9-14(23)11-26-10-13)12-4-6-15(7-5-12)27-19(20,21)22/h4-7,13-14,25H,8-11H2,1-3H3. The Bertz CT molecular complexity index is 700.